The largest absolute Gasteiger partial charge is 0.497 e. The molecule has 0 spiro atoms. The van der Waals surface area contributed by atoms with E-state index < -0.39 is 0 Å². The third-order valence-corrected chi connectivity index (χ3v) is 3.84. The van der Waals surface area contributed by atoms with Crippen molar-refractivity contribution in [3.63, 3.8) is 0 Å². The molecule has 0 fully saturated rings. The van der Waals surface area contributed by atoms with Crippen molar-refractivity contribution in [3.05, 3.63) is 53.9 Å². The van der Waals surface area contributed by atoms with Gasteiger partial charge in [-0.25, -0.2) is 0 Å². The molecule has 0 radical (unpaired) electrons. The number of aryl methyl sites for hydroxylation is 1. The molecule has 2 N–H and O–H groups in total. The van der Waals surface area contributed by atoms with Gasteiger partial charge in [0.05, 0.1) is 13.7 Å². The van der Waals surface area contributed by atoms with E-state index in [9.17, 15) is 0 Å². The Balaban J connectivity index is 1.72. The fraction of sp³-hybridized carbons (Fsp3) is 0.400. The highest BCUT2D eigenvalue weighted by Gasteiger charge is 2.06. The van der Waals surface area contributed by atoms with Crippen LogP contribution in [0.15, 0.2) is 47.6 Å². The summed E-state index contributed by atoms with van der Waals surface area (Å²) in [5.74, 6) is 2.32. The van der Waals surface area contributed by atoms with Crippen molar-refractivity contribution in [1.29, 1.82) is 0 Å². The van der Waals surface area contributed by atoms with Crippen molar-refractivity contribution in [3.8, 4) is 11.5 Å². The van der Waals surface area contributed by atoms with Crippen LogP contribution in [0, 0.1) is 6.92 Å². The molecule has 26 heavy (non-hydrogen) atoms. The van der Waals surface area contributed by atoms with E-state index in [0.717, 1.165) is 36.1 Å². The minimum atomic E-state index is -0.0121. The van der Waals surface area contributed by atoms with Gasteiger partial charge in [-0.05, 0) is 44.0 Å². The van der Waals surface area contributed by atoms with Gasteiger partial charge in [0.1, 0.15) is 17.6 Å². The smallest absolute Gasteiger partial charge is 0.191 e. The third-order valence-electron chi connectivity index (χ3n) is 3.84. The van der Waals surface area contributed by atoms with Crippen molar-refractivity contribution in [2.75, 3.05) is 27.2 Å². The first-order valence-corrected chi connectivity index (χ1v) is 8.77. The van der Waals surface area contributed by atoms with Crippen molar-refractivity contribution >= 4 is 5.96 Å². The van der Waals surface area contributed by atoms with Crippen LogP contribution in [0.2, 0.25) is 0 Å². The molecule has 0 bridgehead atoms. The maximum atomic E-state index is 5.90. The lowest BCUT2D eigenvalue weighted by molar-refractivity contribution is 0.223. The Bertz CT molecular complexity index is 701. The topological polar surface area (TPSA) is 67.8 Å². The van der Waals surface area contributed by atoms with E-state index in [-0.39, 0.29) is 6.10 Å². The van der Waals surface area contributed by atoms with Gasteiger partial charge >= 0.3 is 0 Å². The van der Waals surface area contributed by atoms with Gasteiger partial charge in [-0.2, -0.15) is 0 Å². The highest BCUT2D eigenvalue weighted by Crippen LogP contribution is 2.19. The van der Waals surface area contributed by atoms with E-state index in [1.165, 1.54) is 5.56 Å². The zero-order valence-corrected chi connectivity index (χ0v) is 16.0. The zero-order valence-electron chi connectivity index (χ0n) is 16.0. The maximum Gasteiger partial charge on any atom is 0.191 e. The first kappa shape index (κ1) is 19.6. The predicted molar refractivity (Wildman–Crippen MR) is 105 cm³/mol. The van der Waals surface area contributed by atoms with Gasteiger partial charge in [0.2, 0.25) is 0 Å². The number of nitrogens with zero attached hydrogens (tertiary/aromatic N) is 2. The van der Waals surface area contributed by atoms with Gasteiger partial charge in [0, 0.05) is 31.5 Å². The van der Waals surface area contributed by atoms with E-state index in [4.69, 9.17) is 9.47 Å². The minimum Gasteiger partial charge on any atom is -0.497 e. The summed E-state index contributed by atoms with van der Waals surface area (Å²) in [5.41, 5.74) is 2.23. The van der Waals surface area contributed by atoms with Gasteiger partial charge in [-0.15, -0.1) is 0 Å². The predicted octanol–water partition coefficient (Wildman–Crippen LogP) is 2.57. The Hall–Kier alpha value is -2.76. The van der Waals surface area contributed by atoms with Crippen LogP contribution in [0.1, 0.15) is 18.2 Å². The first-order chi connectivity index (χ1) is 12.6. The minimum absolute atomic E-state index is 0.0121. The monoisotopic (exact) mass is 356 g/mol. The SMILES string of the molecule is CN=C(NCCc1ccc(C)nc1)NCC(C)Oc1cccc(OC)c1. The van der Waals surface area contributed by atoms with Gasteiger partial charge in [0.25, 0.3) is 0 Å². The molecule has 140 valence electrons. The van der Waals surface area contributed by atoms with Crippen LogP contribution >= 0.6 is 0 Å². The molecule has 0 saturated heterocycles. The Morgan fingerprint density at radius 2 is 2.00 bits per heavy atom. The van der Waals surface area contributed by atoms with Gasteiger partial charge in [-0.1, -0.05) is 12.1 Å². The van der Waals surface area contributed by atoms with E-state index in [0.29, 0.717) is 6.54 Å². The van der Waals surface area contributed by atoms with Crippen LogP contribution in [-0.4, -0.2) is 44.3 Å². The summed E-state index contributed by atoms with van der Waals surface area (Å²) in [7, 11) is 3.41. The lowest BCUT2D eigenvalue weighted by Gasteiger charge is -2.18. The summed E-state index contributed by atoms with van der Waals surface area (Å²) in [4.78, 5) is 8.55. The molecule has 6 nitrogen and oxygen atoms in total. The van der Waals surface area contributed by atoms with E-state index in [1.807, 2.05) is 50.4 Å². The van der Waals surface area contributed by atoms with E-state index >= 15 is 0 Å². The average Bonchev–Trinajstić information content (AvgIpc) is 2.66. The number of guanidine groups is 1. The van der Waals surface area contributed by atoms with Crippen LogP contribution < -0.4 is 20.1 Å². The van der Waals surface area contributed by atoms with Crippen LogP contribution in [-0.2, 0) is 6.42 Å². The Morgan fingerprint density at radius 1 is 1.19 bits per heavy atom. The molecule has 0 aliphatic carbocycles. The summed E-state index contributed by atoms with van der Waals surface area (Å²) in [5, 5.41) is 6.59. The van der Waals surface area contributed by atoms with Gasteiger partial charge < -0.3 is 20.1 Å². The molecule has 0 aliphatic rings. The van der Waals surface area contributed by atoms with Crippen LogP contribution in [0.3, 0.4) is 0 Å². The Labute approximate surface area is 155 Å². The number of nitrogens with one attached hydrogen (secondary N) is 2. The number of aliphatic imine (C=N–C) groups is 1. The van der Waals surface area contributed by atoms with Crippen LogP contribution in [0.5, 0.6) is 11.5 Å². The standard InChI is InChI=1S/C20H28N4O2/c1-15-8-9-17(14-23-15)10-11-22-20(21-3)24-13-16(2)26-19-7-5-6-18(12-19)25-4/h5-9,12,14,16H,10-11,13H2,1-4H3,(H2,21,22,24). The lowest BCUT2D eigenvalue weighted by atomic mass is 10.2. The van der Waals surface area contributed by atoms with Crippen LogP contribution in [0.25, 0.3) is 0 Å². The summed E-state index contributed by atoms with van der Waals surface area (Å²) in [6, 6.07) is 11.7. The normalized spacial score (nSPS) is 12.4. The molecule has 0 amide bonds. The molecule has 0 saturated carbocycles. The molecular formula is C20H28N4O2. The molecule has 1 unspecified atom stereocenters. The van der Waals surface area contributed by atoms with Gasteiger partial charge in [-0.3, -0.25) is 9.98 Å². The fourth-order valence-corrected chi connectivity index (χ4v) is 2.38. The number of pyridine rings is 1. The van der Waals surface area contributed by atoms with Gasteiger partial charge in [0.15, 0.2) is 5.96 Å². The fourth-order valence-electron chi connectivity index (χ4n) is 2.38. The van der Waals surface area contributed by atoms with Crippen molar-refractivity contribution in [1.82, 2.24) is 15.6 Å². The summed E-state index contributed by atoms with van der Waals surface area (Å²) in [6.07, 6.45) is 2.79. The van der Waals surface area contributed by atoms with Crippen molar-refractivity contribution in [2.24, 2.45) is 4.99 Å². The second-order valence-electron chi connectivity index (χ2n) is 6.05. The Morgan fingerprint density at radius 3 is 2.69 bits per heavy atom. The molecule has 2 rings (SSSR count). The lowest BCUT2D eigenvalue weighted by Crippen LogP contribution is -2.42. The number of aromatic nitrogens is 1. The van der Waals surface area contributed by atoms with E-state index in [1.54, 1.807) is 14.2 Å². The number of ether oxygens (including phenoxy) is 2. The summed E-state index contributed by atoms with van der Waals surface area (Å²) in [6.45, 7) is 5.43. The molecule has 1 aromatic heterocycles. The molecule has 1 heterocycles. The average molecular weight is 356 g/mol. The molecular weight excluding hydrogens is 328 g/mol. The molecule has 1 aromatic carbocycles. The molecule has 6 heteroatoms. The zero-order chi connectivity index (χ0) is 18.8. The number of benzene rings is 1. The second-order valence-corrected chi connectivity index (χ2v) is 6.05. The molecule has 0 aliphatic heterocycles. The number of rotatable bonds is 8. The molecule has 2 aromatic rings. The first-order valence-electron chi connectivity index (χ1n) is 8.77. The number of hydrogen-bond donors (Lipinski definition) is 2. The Kier molecular flexibility index (Phi) is 7.74. The van der Waals surface area contributed by atoms with Crippen molar-refractivity contribution < 1.29 is 9.47 Å². The quantitative estimate of drug-likeness (QED) is 0.562. The highest BCUT2D eigenvalue weighted by atomic mass is 16.5. The van der Waals surface area contributed by atoms with E-state index in [2.05, 4.69) is 26.7 Å². The molecule has 1 atom stereocenters. The maximum absolute atomic E-state index is 5.90. The number of hydrogen-bond acceptors (Lipinski definition) is 4. The number of methoxy groups -OCH3 is 1. The second kappa shape index (κ2) is 10.3. The highest BCUT2D eigenvalue weighted by molar-refractivity contribution is 5.79. The third kappa shape index (κ3) is 6.63. The van der Waals surface area contributed by atoms with Crippen molar-refractivity contribution in [2.45, 2.75) is 26.4 Å². The van der Waals surface area contributed by atoms with Crippen LogP contribution in [0.4, 0.5) is 0 Å². The summed E-state index contributed by atoms with van der Waals surface area (Å²) >= 11 is 0. The summed E-state index contributed by atoms with van der Waals surface area (Å²) < 4.78 is 11.1.